The normalized spacial score (nSPS) is 11.4. The van der Waals surface area contributed by atoms with E-state index < -0.39 is 0 Å². The van der Waals surface area contributed by atoms with Crippen molar-refractivity contribution < 1.29 is 0 Å². The van der Waals surface area contributed by atoms with Crippen LogP contribution >= 0.6 is 11.8 Å². The summed E-state index contributed by atoms with van der Waals surface area (Å²) >= 11 is 1.45. The van der Waals surface area contributed by atoms with Crippen molar-refractivity contribution in [2.24, 2.45) is 7.05 Å². The van der Waals surface area contributed by atoms with Gasteiger partial charge in [0.15, 0.2) is 5.16 Å². The zero-order chi connectivity index (χ0) is 15.5. The summed E-state index contributed by atoms with van der Waals surface area (Å²) in [4.78, 5) is 5.07. The van der Waals surface area contributed by atoms with Crippen LogP contribution in [0.3, 0.4) is 0 Å². The van der Waals surface area contributed by atoms with Crippen molar-refractivity contribution in [2.75, 3.05) is 0 Å². The highest BCUT2D eigenvalue weighted by Crippen LogP contribution is 2.29. The molecule has 6 heteroatoms. The van der Waals surface area contributed by atoms with Crippen LogP contribution < -0.4 is 5.32 Å². The third-order valence-electron chi connectivity index (χ3n) is 2.86. The van der Waals surface area contributed by atoms with Gasteiger partial charge in [-0.15, -0.1) is 0 Å². The number of aryl methyl sites for hydroxylation is 1. The van der Waals surface area contributed by atoms with Gasteiger partial charge < -0.3 is 5.32 Å². The molecule has 21 heavy (non-hydrogen) atoms. The molecule has 0 spiro atoms. The first kappa shape index (κ1) is 15.5. The van der Waals surface area contributed by atoms with Crippen molar-refractivity contribution >= 4 is 11.8 Å². The van der Waals surface area contributed by atoms with Gasteiger partial charge in [0.1, 0.15) is 12.4 Å². The van der Waals surface area contributed by atoms with Crippen molar-refractivity contribution in [1.82, 2.24) is 20.1 Å². The van der Waals surface area contributed by atoms with E-state index in [1.54, 1.807) is 4.68 Å². The Morgan fingerprint density at radius 3 is 2.71 bits per heavy atom. The number of nitriles is 1. The SMILES string of the molecule is Cn1ncnc1Sc1ccc(CNC(C)(C)C)cc1C#N. The van der Waals surface area contributed by atoms with Crippen LogP contribution in [-0.4, -0.2) is 20.3 Å². The van der Waals surface area contributed by atoms with Crippen molar-refractivity contribution in [2.45, 2.75) is 42.9 Å². The number of rotatable bonds is 4. The number of nitrogens with one attached hydrogen (secondary N) is 1. The summed E-state index contributed by atoms with van der Waals surface area (Å²) in [5.41, 5.74) is 1.82. The maximum absolute atomic E-state index is 9.34. The first-order valence-corrected chi connectivity index (χ1v) is 7.50. The van der Waals surface area contributed by atoms with Gasteiger partial charge in [0.05, 0.1) is 5.56 Å². The summed E-state index contributed by atoms with van der Waals surface area (Å²) in [7, 11) is 1.84. The molecule has 0 aliphatic carbocycles. The number of hydrogen-bond donors (Lipinski definition) is 1. The highest BCUT2D eigenvalue weighted by atomic mass is 32.2. The van der Waals surface area contributed by atoms with Gasteiger partial charge in [0, 0.05) is 24.0 Å². The van der Waals surface area contributed by atoms with Crippen molar-refractivity contribution in [3.8, 4) is 6.07 Å². The van der Waals surface area contributed by atoms with Crippen molar-refractivity contribution in [3.05, 3.63) is 35.7 Å². The predicted molar refractivity (Wildman–Crippen MR) is 82.9 cm³/mol. The summed E-state index contributed by atoms with van der Waals surface area (Å²) in [6.45, 7) is 7.11. The minimum absolute atomic E-state index is 0.0544. The molecular weight excluding hydrogens is 282 g/mol. The molecule has 1 N–H and O–H groups in total. The molecule has 5 nitrogen and oxygen atoms in total. The van der Waals surface area contributed by atoms with E-state index in [2.05, 4.69) is 42.2 Å². The Hall–Kier alpha value is -1.84. The Labute approximate surface area is 129 Å². The monoisotopic (exact) mass is 301 g/mol. The van der Waals surface area contributed by atoms with Gasteiger partial charge in [-0.05, 0) is 50.2 Å². The van der Waals surface area contributed by atoms with Crippen LogP contribution in [0.5, 0.6) is 0 Å². The van der Waals surface area contributed by atoms with E-state index in [4.69, 9.17) is 0 Å². The molecule has 0 bridgehead atoms. The van der Waals surface area contributed by atoms with Gasteiger partial charge in [-0.3, -0.25) is 0 Å². The average molecular weight is 301 g/mol. The lowest BCUT2D eigenvalue weighted by Gasteiger charge is -2.20. The fourth-order valence-electron chi connectivity index (χ4n) is 1.71. The second-order valence-corrected chi connectivity index (χ2v) is 6.82. The van der Waals surface area contributed by atoms with Crippen LogP contribution in [0.15, 0.2) is 34.6 Å². The Morgan fingerprint density at radius 2 is 2.14 bits per heavy atom. The number of aromatic nitrogens is 3. The van der Waals surface area contributed by atoms with Crippen molar-refractivity contribution in [1.29, 1.82) is 5.26 Å². The van der Waals surface area contributed by atoms with Gasteiger partial charge in [-0.1, -0.05) is 6.07 Å². The lowest BCUT2D eigenvalue weighted by atomic mass is 10.1. The van der Waals surface area contributed by atoms with E-state index in [9.17, 15) is 5.26 Å². The van der Waals surface area contributed by atoms with E-state index >= 15 is 0 Å². The summed E-state index contributed by atoms with van der Waals surface area (Å²) in [6.07, 6.45) is 1.51. The van der Waals surface area contributed by atoms with E-state index in [1.807, 2.05) is 25.2 Å². The topological polar surface area (TPSA) is 66.5 Å². The molecular formula is C15H19N5S. The van der Waals surface area contributed by atoms with Crippen LogP contribution in [0.25, 0.3) is 0 Å². The van der Waals surface area contributed by atoms with Gasteiger partial charge in [-0.25, -0.2) is 9.67 Å². The highest BCUT2D eigenvalue weighted by molar-refractivity contribution is 7.99. The van der Waals surface area contributed by atoms with E-state index in [0.717, 1.165) is 22.2 Å². The standard InChI is InChI=1S/C15H19N5S/c1-15(2,3)18-9-11-5-6-13(12(7-11)8-16)21-14-17-10-19-20(14)4/h5-7,10,18H,9H2,1-4H3. The Kier molecular flexibility index (Phi) is 4.66. The summed E-state index contributed by atoms with van der Waals surface area (Å²) < 4.78 is 1.70. The molecule has 0 radical (unpaired) electrons. The molecule has 0 aliphatic rings. The molecule has 110 valence electrons. The second-order valence-electron chi connectivity index (χ2n) is 5.81. The smallest absolute Gasteiger partial charge is 0.190 e. The minimum atomic E-state index is 0.0544. The van der Waals surface area contributed by atoms with Crippen LogP contribution in [-0.2, 0) is 13.6 Å². The van der Waals surface area contributed by atoms with Crippen molar-refractivity contribution in [3.63, 3.8) is 0 Å². The molecule has 0 unspecified atom stereocenters. The first-order valence-electron chi connectivity index (χ1n) is 6.69. The quantitative estimate of drug-likeness (QED) is 0.940. The molecule has 0 aliphatic heterocycles. The second kappa shape index (κ2) is 6.29. The van der Waals surface area contributed by atoms with Gasteiger partial charge in [-0.2, -0.15) is 10.4 Å². The molecule has 2 rings (SSSR count). The molecule has 0 atom stereocenters. The molecule has 0 fully saturated rings. The van der Waals surface area contributed by atoms with Gasteiger partial charge in [0.2, 0.25) is 0 Å². The molecule has 1 aromatic heterocycles. The van der Waals surface area contributed by atoms with E-state index in [0.29, 0.717) is 5.56 Å². The maximum Gasteiger partial charge on any atom is 0.190 e. The first-order chi connectivity index (χ1) is 9.89. The van der Waals surface area contributed by atoms with Gasteiger partial charge in [0.25, 0.3) is 0 Å². The van der Waals surface area contributed by atoms with Gasteiger partial charge >= 0.3 is 0 Å². The third kappa shape index (κ3) is 4.31. The number of hydrogen-bond acceptors (Lipinski definition) is 5. The van der Waals surface area contributed by atoms with E-state index in [-0.39, 0.29) is 5.54 Å². The maximum atomic E-state index is 9.34. The molecule has 0 amide bonds. The molecule has 1 aromatic carbocycles. The summed E-state index contributed by atoms with van der Waals surface area (Å²) in [5, 5.41) is 17.6. The fraction of sp³-hybridized carbons (Fsp3) is 0.400. The third-order valence-corrected chi connectivity index (χ3v) is 3.99. The highest BCUT2D eigenvalue weighted by Gasteiger charge is 2.11. The number of benzene rings is 1. The molecule has 1 heterocycles. The van der Waals surface area contributed by atoms with Crippen LogP contribution in [0, 0.1) is 11.3 Å². The Morgan fingerprint density at radius 1 is 1.38 bits per heavy atom. The zero-order valence-electron chi connectivity index (χ0n) is 12.7. The lowest BCUT2D eigenvalue weighted by molar-refractivity contribution is 0.424. The summed E-state index contributed by atoms with van der Waals surface area (Å²) in [6, 6.07) is 8.20. The molecule has 0 saturated carbocycles. The lowest BCUT2D eigenvalue weighted by Crippen LogP contribution is -2.35. The largest absolute Gasteiger partial charge is 0.308 e. The van der Waals surface area contributed by atoms with Crippen LogP contribution in [0.4, 0.5) is 0 Å². The predicted octanol–water partition coefficient (Wildman–Crippen LogP) is 2.73. The molecule has 0 saturated heterocycles. The van der Waals surface area contributed by atoms with Crippen LogP contribution in [0.1, 0.15) is 31.9 Å². The van der Waals surface area contributed by atoms with Crippen LogP contribution in [0.2, 0.25) is 0 Å². The Bertz CT molecular complexity index is 663. The average Bonchev–Trinajstić information content (AvgIpc) is 2.82. The fourth-order valence-corrected chi connectivity index (χ4v) is 2.53. The Balaban J connectivity index is 2.17. The zero-order valence-corrected chi connectivity index (χ0v) is 13.5. The number of nitrogens with zero attached hydrogens (tertiary/aromatic N) is 4. The molecule has 2 aromatic rings. The summed E-state index contributed by atoms with van der Waals surface area (Å²) in [5.74, 6) is 0. The minimum Gasteiger partial charge on any atom is -0.308 e. The van der Waals surface area contributed by atoms with E-state index in [1.165, 1.54) is 18.1 Å².